The van der Waals surface area contributed by atoms with Gasteiger partial charge in [0.2, 0.25) is 15.7 Å². The Kier molecular flexibility index (Phi) is 6.20. The minimum absolute atomic E-state index is 0.0873. The van der Waals surface area contributed by atoms with Gasteiger partial charge in [0.25, 0.3) is 0 Å². The largest absolute Gasteiger partial charge is 0.353 e. The number of benzene rings is 2. The van der Waals surface area contributed by atoms with Gasteiger partial charge in [-0.2, -0.15) is 0 Å². The summed E-state index contributed by atoms with van der Waals surface area (Å²) in [5.41, 5.74) is 2.81. The molecule has 1 aliphatic heterocycles. The fourth-order valence-electron chi connectivity index (χ4n) is 5.27. The number of anilines is 3. The summed E-state index contributed by atoms with van der Waals surface area (Å²) in [5.74, 6) is 0.736. The van der Waals surface area contributed by atoms with Crippen molar-refractivity contribution in [2.24, 2.45) is 11.8 Å². The van der Waals surface area contributed by atoms with E-state index in [0.29, 0.717) is 22.4 Å². The minimum Gasteiger partial charge on any atom is -0.353 e. The maximum atomic E-state index is 13.5. The molecule has 34 heavy (non-hydrogen) atoms. The van der Waals surface area contributed by atoms with Gasteiger partial charge >= 0.3 is 0 Å². The number of aromatic nitrogens is 1. The fourth-order valence-corrected chi connectivity index (χ4v) is 7.42. The highest BCUT2D eigenvalue weighted by Gasteiger charge is 2.34. The Bertz CT molecular complexity index is 1310. The highest BCUT2D eigenvalue weighted by Crippen LogP contribution is 2.44. The second kappa shape index (κ2) is 9.15. The van der Waals surface area contributed by atoms with Gasteiger partial charge in [-0.05, 0) is 54.5 Å². The summed E-state index contributed by atoms with van der Waals surface area (Å²) in [5, 5.41) is 8.74. The molecule has 1 fully saturated rings. The summed E-state index contributed by atoms with van der Waals surface area (Å²) in [6.45, 7) is 4.21. The van der Waals surface area contributed by atoms with Crippen LogP contribution in [0.25, 0.3) is 0 Å². The topological polar surface area (TPSA) is 88.2 Å². The SMILES string of the molecule is Cc1c(C(CC2CCC(C)CC2)C(=O)Nc2nccs2)ccc2c1Nc1ccccc1S2(=O)=O. The number of fused-ring (bicyclic) bond motifs is 2. The Labute approximate surface area is 204 Å². The monoisotopic (exact) mass is 495 g/mol. The number of thiazole rings is 1. The van der Waals surface area contributed by atoms with E-state index in [4.69, 9.17) is 0 Å². The lowest BCUT2D eigenvalue weighted by molar-refractivity contribution is -0.118. The molecular formula is C26H29N3O3S2. The first-order valence-corrected chi connectivity index (χ1v) is 14.2. The van der Waals surface area contributed by atoms with E-state index in [1.165, 1.54) is 24.2 Å². The number of rotatable bonds is 5. The molecule has 178 valence electrons. The van der Waals surface area contributed by atoms with Gasteiger partial charge < -0.3 is 10.6 Å². The first kappa shape index (κ1) is 23.1. The van der Waals surface area contributed by atoms with Crippen LogP contribution in [0.3, 0.4) is 0 Å². The molecule has 1 aliphatic carbocycles. The number of amides is 1. The molecule has 0 spiro atoms. The highest BCUT2D eigenvalue weighted by molar-refractivity contribution is 7.92. The molecule has 2 heterocycles. The Morgan fingerprint density at radius 1 is 1.15 bits per heavy atom. The molecule has 0 radical (unpaired) electrons. The molecule has 1 unspecified atom stereocenters. The van der Waals surface area contributed by atoms with E-state index < -0.39 is 9.84 Å². The van der Waals surface area contributed by atoms with Gasteiger partial charge in [-0.1, -0.05) is 50.8 Å². The van der Waals surface area contributed by atoms with Crippen LogP contribution in [0, 0.1) is 18.8 Å². The van der Waals surface area contributed by atoms with Gasteiger partial charge in [-0.25, -0.2) is 13.4 Å². The molecule has 2 aromatic carbocycles. The van der Waals surface area contributed by atoms with E-state index >= 15 is 0 Å². The second-order valence-electron chi connectivity index (χ2n) is 9.52. The predicted molar refractivity (Wildman–Crippen MR) is 136 cm³/mol. The zero-order valence-electron chi connectivity index (χ0n) is 19.4. The van der Waals surface area contributed by atoms with Crippen LogP contribution in [-0.2, 0) is 14.6 Å². The van der Waals surface area contributed by atoms with Crippen molar-refractivity contribution in [1.82, 2.24) is 4.98 Å². The zero-order chi connectivity index (χ0) is 23.9. The van der Waals surface area contributed by atoms with Crippen LogP contribution >= 0.6 is 11.3 Å². The lowest BCUT2D eigenvalue weighted by Gasteiger charge is -2.31. The van der Waals surface area contributed by atoms with Crippen molar-refractivity contribution in [3.63, 3.8) is 0 Å². The molecule has 3 aromatic rings. The molecule has 1 aromatic heterocycles. The summed E-state index contributed by atoms with van der Waals surface area (Å²) >= 11 is 1.39. The van der Waals surface area contributed by atoms with Crippen LogP contribution < -0.4 is 10.6 Å². The van der Waals surface area contributed by atoms with Gasteiger partial charge in [-0.15, -0.1) is 11.3 Å². The maximum Gasteiger partial charge on any atom is 0.233 e. The van der Waals surface area contributed by atoms with Crippen LogP contribution in [0.1, 0.15) is 56.1 Å². The van der Waals surface area contributed by atoms with Crippen LogP contribution in [-0.4, -0.2) is 19.3 Å². The predicted octanol–water partition coefficient (Wildman–Crippen LogP) is 6.28. The number of para-hydroxylation sites is 1. The number of nitrogens with zero attached hydrogens (tertiary/aromatic N) is 1. The lowest BCUT2D eigenvalue weighted by atomic mass is 9.76. The third-order valence-corrected chi connectivity index (χ3v) is 9.80. The maximum absolute atomic E-state index is 13.5. The van der Waals surface area contributed by atoms with E-state index in [1.54, 1.807) is 30.5 Å². The smallest absolute Gasteiger partial charge is 0.233 e. The van der Waals surface area contributed by atoms with Gasteiger partial charge in [0.15, 0.2) is 5.13 Å². The molecule has 0 saturated heterocycles. The molecule has 8 heteroatoms. The van der Waals surface area contributed by atoms with Gasteiger partial charge in [0.1, 0.15) is 0 Å². The molecule has 0 bridgehead atoms. The third kappa shape index (κ3) is 4.25. The van der Waals surface area contributed by atoms with E-state index in [-0.39, 0.29) is 21.6 Å². The number of nitrogens with one attached hydrogen (secondary N) is 2. The molecule has 2 N–H and O–H groups in total. The van der Waals surface area contributed by atoms with Crippen molar-refractivity contribution in [1.29, 1.82) is 0 Å². The van der Waals surface area contributed by atoms with E-state index in [2.05, 4.69) is 22.5 Å². The standard InChI is InChI=1S/C26H29N3O3S2/c1-16-7-9-18(10-8-16)15-20(25(30)29-26-27-13-14-33-26)19-11-12-23-24(17(19)2)28-21-5-3-4-6-22(21)34(23,31)32/h3-6,11-14,16,18,20,28H,7-10,15H2,1-2H3,(H,27,29,30). The van der Waals surface area contributed by atoms with Crippen molar-refractivity contribution in [3.8, 4) is 0 Å². The number of sulfone groups is 1. The summed E-state index contributed by atoms with van der Waals surface area (Å²) in [6, 6.07) is 10.4. The number of hydrogen-bond donors (Lipinski definition) is 2. The summed E-state index contributed by atoms with van der Waals surface area (Å²) in [6.07, 6.45) is 7.02. The number of carbonyl (C=O) groups is 1. The molecule has 1 atom stereocenters. The highest BCUT2D eigenvalue weighted by atomic mass is 32.2. The van der Waals surface area contributed by atoms with Crippen molar-refractivity contribution in [3.05, 3.63) is 59.1 Å². The van der Waals surface area contributed by atoms with E-state index in [9.17, 15) is 13.2 Å². The Hall–Kier alpha value is -2.71. The van der Waals surface area contributed by atoms with Crippen molar-refractivity contribution in [2.75, 3.05) is 10.6 Å². The first-order chi connectivity index (χ1) is 16.3. The lowest BCUT2D eigenvalue weighted by Crippen LogP contribution is -2.26. The van der Waals surface area contributed by atoms with Gasteiger partial charge in [0.05, 0.1) is 27.1 Å². The summed E-state index contributed by atoms with van der Waals surface area (Å²) < 4.78 is 26.6. The molecule has 6 nitrogen and oxygen atoms in total. The molecule has 2 aliphatic rings. The third-order valence-electron chi connectivity index (χ3n) is 7.25. The normalized spacial score (nSPS) is 21.6. The van der Waals surface area contributed by atoms with Gasteiger partial charge in [-0.3, -0.25) is 4.79 Å². The molecule has 1 saturated carbocycles. The average Bonchev–Trinajstić information content (AvgIpc) is 3.33. The van der Waals surface area contributed by atoms with Gasteiger partial charge in [0, 0.05) is 11.6 Å². The quantitative estimate of drug-likeness (QED) is 0.340. The molecule has 1 amide bonds. The second-order valence-corrected chi connectivity index (χ2v) is 12.3. The summed E-state index contributed by atoms with van der Waals surface area (Å²) in [4.78, 5) is 18.3. The molecule has 5 rings (SSSR count). The first-order valence-electron chi connectivity index (χ1n) is 11.8. The number of carbonyl (C=O) groups excluding carboxylic acids is 1. The van der Waals surface area contributed by atoms with Crippen LogP contribution in [0.4, 0.5) is 16.5 Å². The summed E-state index contributed by atoms with van der Waals surface area (Å²) in [7, 11) is -3.63. The van der Waals surface area contributed by atoms with E-state index in [0.717, 1.165) is 36.3 Å². The van der Waals surface area contributed by atoms with Crippen molar-refractivity contribution >= 4 is 43.6 Å². The minimum atomic E-state index is -3.63. The van der Waals surface area contributed by atoms with Crippen molar-refractivity contribution in [2.45, 2.75) is 61.7 Å². The Morgan fingerprint density at radius 3 is 2.65 bits per heavy atom. The Balaban J connectivity index is 1.53. The van der Waals surface area contributed by atoms with Crippen LogP contribution in [0.2, 0.25) is 0 Å². The van der Waals surface area contributed by atoms with Crippen LogP contribution in [0.15, 0.2) is 57.8 Å². The Morgan fingerprint density at radius 2 is 1.91 bits per heavy atom. The average molecular weight is 496 g/mol. The molecular weight excluding hydrogens is 466 g/mol. The van der Waals surface area contributed by atoms with E-state index in [1.807, 2.05) is 24.4 Å². The van der Waals surface area contributed by atoms with Crippen molar-refractivity contribution < 1.29 is 13.2 Å². The number of hydrogen-bond acceptors (Lipinski definition) is 6. The van der Waals surface area contributed by atoms with Crippen LogP contribution in [0.5, 0.6) is 0 Å². The fraction of sp³-hybridized carbons (Fsp3) is 0.385. The zero-order valence-corrected chi connectivity index (χ0v) is 21.0.